The van der Waals surface area contributed by atoms with Gasteiger partial charge < -0.3 is 15.2 Å². The summed E-state index contributed by atoms with van der Waals surface area (Å²) in [7, 11) is 1.72. The van der Waals surface area contributed by atoms with Crippen LogP contribution in [0.25, 0.3) is 17.0 Å². The monoisotopic (exact) mass is 444 g/mol. The van der Waals surface area contributed by atoms with E-state index in [4.69, 9.17) is 15.2 Å². The topological polar surface area (TPSA) is 136 Å². The highest BCUT2D eigenvalue weighted by Crippen LogP contribution is 2.30. The second-order valence-corrected chi connectivity index (χ2v) is 6.47. The van der Waals surface area contributed by atoms with Crippen LogP contribution in [0.2, 0.25) is 0 Å². The van der Waals surface area contributed by atoms with E-state index in [2.05, 4.69) is 41.4 Å². The van der Waals surface area contributed by atoms with Crippen molar-refractivity contribution in [2.45, 2.75) is 6.61 Å². The van der Waals surface area contributed by atoms with Crippen LogP contribution in [0.5, 0.6) is 11.9 Å². The number of aromatic nitrogens is 7. The summed E-state index contributed by atoms with van der Waals surface area (Å²) in [4.78, 5) is 19.6. The summed E-state index contributed by atoms with van der Waals surface area (Å²) in [5.74, 6) is 0.525. The van der Waals surface area contributed by atoms with E-state index >= 15 is 0 Å². The molecule has 28 heavy (non-hydrogen) atoms. The fourth-order valence-corrected chi connectivity index (χ4v) is 3.03. The molecule has 4 aromatic rings. The number of para-hydroxylation sites is 1. The SMILES string of the molecule is Cn1nnnc1-n1c(OCc2cccc(OC(N)=O)n2)nc2c(Br)cccc21. The number of halogens is 1. The maximum Gasteiger partial charge on any atom is 0.411 e. The Hall–Kier alpha value is -3.54. The first-order valence-electron chi connectivity index (χ1n) is 7.98. The molecule has 1 aromatic carbocycles. The average Bonchev–Trinajstić information content (AvgIpc) is 3.23. The van der Waals surface area contributed by atoms with E-state index in [1.807, 2.05) is 18.2 Å². The van der Waals surface area contributed by atoms with E-state index in [1.165, 1.54) is 10.7 Å². The maximum atomic E-state index is 10.9. The molecule has 0 radical (unpaired) electrons. The Bertz CT molecular complexity index is 1170. The number of nitrogens with zero attached hydrogens (tertiary/aromatic N) is 7. The van der Waals surface area contributed by atoms with Crippen LogP contribution in [0, 0.1) is 0 Å². The van der Waals surface area contributed by atoms with Gasteiger partial charge in [0.1, 0.15) is 12.1 Å². The standard InChI is InChI=1S/C16H13BrN8O3/c1-24-15(21-22-23-24)25-11-6-3-5-10(17)13(11)20-16(25)27-8-9-4-2-7-12(19-9)28-14(18)26/h2-7H,8H2,1H3,(H2,18,26). The molecule has 0 saturated carbocycles. The Balaban J connectivity index is 1.70. The number of aryl methyl sites for hydroxylation is 1. The lowest BCUT2D eigenvalue weighted by Gasteiger charge is -2.08. The zero-order valence-electron chi connectivity index (χ0n) is 14.5. The van der Waals surface area contributed by atoms with Crippen molar-refractivity contribution in [1.29, 1.82) is 0 Å². The molecule has 142 valence electrons. The fourth-order valence-electron chi connectivity index (χ4n) is 2.58. The number of amides is 1. The van der Waals surface area contributed by atoms with Crippen LogP contribution in [-0.2, 0) is 13.7 Å². The summed E-state index contributed by atoms with van der Waals surface area (Å²) in [6.07, 6.45) is -0.938. The van der Waals surface area contributed by atoms with Crippen LogP contribution in [0.1, 0.15) is 5.69 Å². The Morgan fingerprint density at radius 2 is 2.04 bits per heavy atom. The van der Waals surface area contributed by atoms with E-state index < -0.39 is 6.09 Å². The molecule has 0 bridgehead atoms. The largest absolute Gasteiger partial charge is 0.458 e. The molecule has 3 heterocycles. The first-order chi connectivity index (χ1) is 13.5. The fraction of sp³-hybridized carbons (Fsp3) is 0.125. The highest BCUT2D eigenvalue weighted by Gasteiger charge is 2.19. The molecule has 12 heteroatoms. The molecule has 11 nitrogen and oxygen atoms in total. The zero-order valence-corrected chi connectivity index (χ0v) is 16.1. The van der Waals surface area contributed by atoms with Crippen LogP contribution in [0.4, 0.5) is 4.79 Å². The van der Waals surface area contributed by atoms with Crippen molar-refractivity contribution in [3.63, 3.8) is 0 Å². The quantitative estimate of drug-likeness (QED) is 0.491. The Morgan fingerprint density at radius 3 is 2.79 bits per heavy atom. The summed E-state index contributed by atoms with van der Waals surface area (Å²) in [5, 5.41) is 11.6. The number of rotatable bonds is 5. The first kappa shape index (κ1) is 17.9. The van der Waals surface area contributed by atoms with Gasteiger partial charge >= 0.3 is 12.1 Å². The van der Waals surface area contributed by atoms with Gasteiger partial charge in [0.05, 0.1) is 11.2 Å². The van der Waals surface area contributed by atoms with E-state index in [0.29, 0.717) is 17.2 Å². The van der Waals surface area contributed by atoms with Gasteiger partial charge in [0.15, 0.2) is 0 Å². The second-order valence-electron chi connectivity index (χ2n) is 5.62. The van der Waals surface area contributed by atoms with Gasteiger partial charge in [0.2, 0.25) is 5.88 Å². The Kier molecular flexibility index (Phi) is 4.61. The number of nitrogens with two attached hydrogens (primary N) is 1. The first-order valence-corrected chi connectivity index (χ1v) is 8.78. The average molecular weight is 445 g/mol. The third-order valence-corrected chi connectivity index (χ3v) is 4.38. The molecule has 0 aliphatic heterocycles. The highest BCUT2D eigenvalue weighted by molar-refractivity contribution is 9.10. The van der Waals surface area contributed by atoms with Crippen LogP contribution in [0.15, 0.2) is 40.9 Å². The van der Waals surface area contributed by atoms with Crippen molar-refractivity contribution in [3.8, 4) is 17.8 Å². The number of pyridine rings is 1. The molecule has 3 aromatic heterocycles. The molecular formula is C16H13BrN8O3. The number of hydrogen-bond acceptors (Lipinski definition) is 8. The number of carbonyl (C=O) groups is 1. The zero-order chi connectivity index (χ0) is 19.7. The Morgan fingerprint density at radius 1 is 1.21 bits per heavy atom. The highest BCUT2D eigenvalue weighted by atomic mass is 79.9. The number of benzene rings is 1. The third-order valence-electron chi connectivity index (χ3n) is 3.74. The van der Waals surface area contributed by atoms with Gasteiger partial charge in [-0.25, -0.2) is 19.0 Å². The van der Waals surface area contributed by atoms with Crippen LogP contribution < -0.4 is 15.2 Å². The molecule has 2 N–H and O–H groups in total. The summed E-state index contributed by atoms with van der Waals surface area (Å²) in [6, 6.07) is 10.8. The summed E-state index contributed by atoms with van der Waals surface area (Å²) >= 11 is 3.49. The van der Waals surface area contributed by atoms with E-state index in [1.54, 1.807) is 23.7 Å². The number of hydrogen-bond donors (Lipinski definition) is 1. The molecule has 0 fully saturated rings. The summed E-state index contributed by atoms with van der Waals surface area (Å²) in [6.45, 7) is 0.0716. The van der Waals surface area contributed by atoms with Gasteiger partial charge in [0.25, 0.3) is 5.95 Å². The molecule has 0 aliphatic carbocycles. The molecule has 4 rings (SSSR count). The van der Waals surface area contributed by atoms with E-state index in [9.17, 15) is 4.79 Å². The van der Waals surface area contributed by atoms with Gasteiger partial charge in [0, 0.05) is 17.6 Å². The number of ether oxygens (including phenoxy) is 2. The molecule has 0 unspecified atom stereocenters. The Labute approximate surface area is 166 Å². The number of fused-ring (bicyclic) bond motifs is 1. The second kappa shape index (κ2) is 7.23. The van der Waals surface area contributed by atoms with Gasteiger partial charge in [-0.1, -0.05) is 17.2 Å². The van der Waals surface area contributed by atoms with Gasteiger partial charge in [-0.2, -0.15) is 4.98 Å². The minimum atomic E-state index is -0.938. The van der Waals surface area contributed by atoms with Gasteiger partial charge in [-0.05, 0) is 44.6 Å². The smallest absolute Gasteiger partial charge is 0.411 e. The van der Waals surface area contributed by atoms with E-state index in [-0.39, 0.29) is 18.5 Å². The van der Waals surface area contributed by atoms with E-state index in [0.717, 1.165) is 9.99 Å². The molecule has 1 amide bonds. The number of carbonyl (C=O) groups excluding carboxylic acids is 1. The summed E-state index contributed by atoms with van der Waals surface area (Å²) < 4.78 is 14.7. The number of tetrazole rings is 1. The van der Waals surface area contributed by atoms with Crippen molar-refractivity contribution >= 4 is 33.1 Å². The van der Waals surface area contributed by atoms with Crippen molar-refractivity contribution in [2.24, 2.45) is 12.8 Å². The normalized spacial score (nSPS) is 10.9. The minimum Gasteiger partial charge on any atom is -0.458 e. The lowest BCUT2D eigenvalue weighted by atomic mass is 10.3. The number of primary amides is 1. The minimum absolute atomic E-state index is 0.0716. The lowest BCUT2D eigenvalue weighted by molar-refractivity contribution is 0.208. The van der Waals surface area contributed by atoms with Crippen LogP contribution >= 0.6 is 15.9 Å². The van der Waals surface area contributed by atoms with Gasteiger partial charge in [-0.3, -0.25) is 0 Å². The molecule has 0 aliphatic rings. The molecule has 0 spiro atoms. The number of imidazole rings is 1. The van der Waals surface area contributed by atoms with Crippen molar-refractivity contribution < 1.29 is 14.3 Å². The van der Waals surface area contributed by atoms with Crippen molar-refractivity contribution in [1.82, 2.24) is 34.7 Å². The molecular weight excluding hydrogens is 432 g/mol. The maximum absolute atomic E-state index is 10.9. The van der Waals surface area contributed by atoms with Crippen LogP contribution in [0.3, 0.4) is 0 Å². The molecule has 0 atom stereocenters. The third kappa shape index (κ3) is 3.36. The van der Waals surface area contributed by atoms with Crippen molar-refractivity contribution in [3.05, 3.63) is 46.6 Å². The summed E-state index contributed by atoms with van der Waals surface area (Å²) in [5.41, 5.74) is 6.99. The predicted molar refractivity (Wildman–Crippen MR) is 99.9 cm³/mol. The van der Waals surface area contributed by atoms with Crippen molar-refractivity contribution in [2.75, 3.05) is 0 Å². The predicted octanol–water partition coefficient (Wildman–Crippen LogP) is 1.74. The van der Waals surface area contributed by atoms with Gasteiger partial charge in [-0.15, -0.1) is 0 Å². The van der Waals surface area contributed by atoms with Crippen LogP contribution in [-0.4, -0.2) is 40.8 Å². The molecule has 0 saturated heterocycles. The lowest BCUT2D eigenvalue weighted by Crippen LogP contribution is -2.17.